The summed E-state index contributed by atoms with van der Waals surface area (Å²) in [5, 5.41) is 81.6. The number of rotatable bonds is 35. The third-order valence-electron chi connectivity index (χ3n) is 12.1. The Bertz CT molecular complexity index is 2260. The number of aliphatic hydroxyl groups is 5. The molecule has 1 aromatic rings. The number of primary amides is 1. The third-order valence-corrected chi connectivity index (χ3v) is 12.1. The van der Waals surface area contributed by atoms with E-state index in [1.807, 2.05) is 0 Å². The first-order valence-corrected chi connectivity index (χ1v) is 25.2. The maximum atomic E-state index is 14.0. The lowest BCUT2D eigenvalue weighted by Gasteiger charge is -2.31. The number of carbonyl (C=O) groups excluding carboxylic acids is 11. The number of carboxylic acid groups (broad SMARTS) is 1. The lowest BCUT2D eigenvalue weighted by molar-refractivity contribution is -0.149. The van der Waals surface area contributed by atoms with E-state index in [2.05, 4.69) is 47.9 Å². The van der Waals surface area contributed by atoms with Crippen LogP contribution >= 0.6 is 0 Å². The van der Waals surface area contributed by atoms with Gasteiger partial charge in [-0.15, -0.1) is 0 Å². The topological polar surface area (TPSA) is 516 Å². The molecule has 0 saturated carbocycles. The molecule has 0 spiro atoms. The molecule has 0 heterocycles. The van der Waals surface area contributed by atoms with Gasteiger partial charge in [-0.25, -0.2) is 4.79 Å². The maximum absolute atomic E-state index is 14.0. The van der Waals surface area contributed by atoms with Crippen molar-refractivity contribution < 1.29 is 88.2 Å². The molecule has 0 fully saturated rings. The van der Waals surface area contributed by atoms with Crippen LogP contribution in [0.5, 0.6) is 0 Å². The van der Waals surface area contributed by atoms with Gasteiger partial charge in [-0.05, 0) is 65.0 Å². The van der Waals surface area contributed by atoms with Crippen LogP contribution in [0.4, 0.5) is 0 Å². The second kappa shape index (κ2) is 34.5. The molecule has 0 radical (unpaired) electrons. The third kappa shape index (κ3) is 23.2. The van der Waals surface area contributed by atoms with Crippen LogP contribution in [0.2, 0.25) is 0 Å². The highest BCUT2D eigenvalue weighted by Crippen LogP contribution is 2.12. The number of hydrogen-bond acceptors (Lipinski definition) is 19. The van der Waals surface area contributed by atoms with Crippen molar-refractivity contribution in [3.05, 3.63) is 35.9 Å². The van der Waals surface area contributed by atoms with Crippen molar-refractivity contribution in [1.29, 1.82) is 0 Å². The molecule has 0 unspecified atom stereocenters. The first-order chi connectivity index (χ1) is 36.9. The summed E-state index contributed by atoms with van der Waals surface area (Å²) in [4.78, 5) is 159. The Morgan fingerprint density at radius 3 is 1.35 bits per heavy atom. The van der Waals surface area contributed by atoms with E-state index in [-0.39, 0.29) is 19.4 Å². The fourth-order valence-corrected chi connectivity index (χ4v) is 7.28. The van der Waals surface area contributed by atoms with Crippen LogP contribution < -0.4 is 65.1 Å². The molecule has 0 aliphatic heterocycles. The second-order valence-corrected chi connectivity index (χ2v) is 19.0. The summed E-state index contributed by atoms with van der Waals surface area (Å²) < 4.78 is 0. The molecule has 444 valence electrons. The van der Waals surface area contributed by atoms with Crippen molar-refractivity contribution in [2.75, 3.05) is 33.4 Å². The number of nitrogens with zero attached hydrogens (tertiary/aromatic N) is 1. The Balaban J connectivity index is 3.37. The van der Waals surface area contributed by atoms with Crippen molar-refractivity contribution in [3.63, 3.8) is 0 Å². The number of nitrogens with one attached hydrogen (secondary N) is 9. The van der Waals surface area contributed by atoms with Crippen molar-refractivity contribution >= 4 is 70.9 Å². The molecular weight excluding hydrogens is 1050 g/mol. The van der Waals surface area contributed by atoms with Crippen molar-refractivity contribution in [3.8, 4) is 0 Å². The highest BCUT2D eigenvalue weighted by molar-refractivity contribution is 6.00. The Morgan fingerprint density at radius 1 is 0.519 bits per heavy atom. The molecule has 11 amide bonds. The van der Waals surface area contributed by atoms with Gasteiger partial charge in [0.05, 0.1) is 44.5 Å². The molecule has 0 aliphatic carbocycles. The van der Waals surface area contributed by atoms with Gasteiger partial charge in [-0.2, -0.15) is 0 Å². The van der Waals surface area contributed by atoms with E-state index in [9.17, 15) is 88.2 Å². The summed E-state index contributed by atoms with van der Waals surface area (Å²) in [6.07, 6.45) is -5.58. The summed E-state index contributed by atoms with van der Waals surface area (Å²) in [6, 6.07) is -8.95. The van der Waals surface area contributed by atoms with Crippen LogP contribution in [0.3, 0.4) is 0 Å². The van der Waals surface area contributed by atoms with E-state index in [4.69, 9.17) is 17.2 Å². The van der Waals surface area contributed by atoms with Crippen molar-refractivity contribution in [2.45, 2.75) is 152 Å². The minimum atomic E-state index is -1.99. The van der Waals surface area contributed by atoms with E-state index in [1.54, 1.807) is 30.3 Å². The smallest absolute Gasteiger partial charge is 0.326 e. The van der Waals surface area contributed by atoms with Gasteiger partial charge in [0, 0.05) is 13.5 Å². The molecule has 21 N–H and O–H groups in total. The van der Waals surface area contributed by atoms with Gasteiger partial charge in [0.25, 0.3) is 0 Å². The number of unbranched alkanes of at least 4 members (excludes halogenated alkanes) is 1. The summed E-state index contributed by atoms with van der Waals surface area (Å²) in [5.41, 5.74) is 16.6. The van der Waals surface area contributed by atoms with Gasteiger partial charge in [0.2, 0.25) is 65.0 Å². The van der Waals surface area contributed by atoms with E-state index in [1.165, 1.54) is 27.8 Å². The normalized spacial score (nSPS) is 16.1. The van der Waals surface area contributed by atoms with E-state index < -0.39 is 182 Å². The quantitative estimate of drug-likeness (QED) is 0.0281. The number of nitrogens with two attached hydrogens (primary N) is 3. The van der Waals surface area contributed by atoms with Gasteiger partial charge >= 0.3 is 5.97 Å². The lowest BCUT2D eigenvalue weighted by atomic mass is 10.00. The van der Waals surface area contributed by atoms with Crippen LogP contribution in [-0.2, 0) is 64.0 Å². The number of carbonyl (C=O) groups is 12. The molecule has 79 heavy (non-hydrogen) atoms. The molecule has 13 atom stereocenters. The minimum absolute atomic E-state index is 0.0500. The molecular formula is C48H79N13O18. The number of aliphatic hydroxyl groups excluding tert-OH is 5. The van der Waals surface area contributed by atoms with Crippen LogP contribution in [0.1, 0.15) is 72.8 Å². The van der Waals surface area contributed by atoms with Crippen molar-refractivity contribution in [2.24, 2.45) is 23.1 Å². The van der Waals surface area contributed by atoms with Gasteiger partial charge in [-0.3, -0.25) is 52.7 Å². The standard InChI is InChI=1S/C48H79N13O18/c1-22(2)35(43(73)53-28(15-11-12-16-49)47(77)61(7)23(3)48(78)79)57-45(75)38(26(6)66)60-46(76)37(25(5)65)59-42(72)32(21-63)56-44(74)36(24(4)64)58-40(70)29(17-27-13-9-8-10-14-27)54-39(69)30(18-33(51)67)55-41(71)31(20-62)52-34(68)19-50/h8-10,13-14,22-26,28-32,35-38,62-66H,11-12,15-21,49-50H2,1-7H3,(H2,51,67)(H,52,68)(H,53,73)(H,54,69)(H,55,71)(H,56,74)(H,57,75)(H,58,70)(H,59,72)(H,60,76)(H,78,79)/t23-,24+,25+,26+,28-,29-,30-,31-,32-,35-,36-,37-,38-/m0/s1. The highest BCUT2D eigenvalue weighted by Gasteiger charge is 2.39. The summed E-state index contributed by atoms with van der Waals surface area (Å²) in [5.74, 6) is -14.2. The molecule has 31 heteroatoms. The zero-order valence-electron chi connectivity index (χ0n) is 45.1. The lowest BCUT2D eigenvalue weighted by Crippen LogP contribution is -2.64. The molecule has 1 aromatic carbocycles. The Hall–Kier alpha value is -7.42. The Labute approximate surface area is 455 Å². The summed E-state index contributed by atoms with van der Waals surface area (Å²) >= 11 is 0. The van der Waals surface area contributed by atoms with Crippen LogP contribution in [0.15, 0.2) is 30.3 Å². The molecule has 0 bridgehead atoms. The predicted molar refractivity (Wildman–Crippen MR) is 277 cm³/mol. The predicted octanol–water partition coefficient (Wildman–Crippen LogP) is -8.73. The maximum Gasteiger partial charge on any atom is 0.326 e. The largest absolute Gasteiger partial charge is 0.480 e. The number of carboxylic acids is 1. The average molecular weight is 1130 g/mol. The van der Waals surface area contributed by atoms with Gasteiger partial charge < -0.3 is 101 Å². The van der Waals surface area contributed by atoms with E-state index >= 15 is 0 Å². The first kappa shape index (κ1) is 69.6. The van der Waals surface area contributed by atoms with Gasteiger partial charge in [-0.1, -0.05) is 44.2 Å². The number of benzene rings is 1. The highest BCUT2D eigenvalue weighted by atomic mass is 16.4. The monoisotopic (exact) mass is 1130 g/mol. The fourth-order valence-electron chi connectivity index (χ4n) is 7.28. The number of aliphatic carboxylic acids is 1. The number of amides is 11. The number of hydrogen-bond donors (Lipinski definition) is 18. The molecule has 31 nitrogen and oxygen atoms in total. The van der Waals surface area contributed by atoms with Crippen LogP contribution in [0.25, 0.3) is 0 Å². The Kier molecular flexibility index (Phi) is 30.4. The molecule has 0 aromatic heterocycles. The first-order valence-electron chi connectivity index (χ1n) is 25.2. The zero-order chi connectivity index (χ0) is 60.4. The SMILES string of the molecule is CC(C)[C@H](NC(=O)[C@@H](NC(=O)[C@@H](NC(=O)[C@H](CO)NC(=O)[C@@H](NC(=O)[C@H](Cc1ccccc1)NC(=O)[C@H](CC(N)=O)NC(=O)[C@H](CO)NC(=O)CN)[C@@H](C)O)[C@@H](C)O)[C@@H](C)O)C(=O)N[C@@H](CCCCN)C(=O)N(C)[C@@H](C)C(=O)O. The van der Waals surface area contributed by atoms with Crippen LogP contribution in [-0.4, -0.2) is 219 Å². The molecule has 0 saturated heterocycles. The average Bonchev–Trinajstić information content (AvgIpc) is 3.38. The van der Waals surface area contributed by atoms with Crippen LogP contribution in [0, 0.1) is 5.92 Å². The molecule has 1 rings (SSSR count). The van der Waals surface area contributed by atoms with Gasteiger partial charge in [0.15, 0.2) is 0 Å². The number of likely N-dealkylation sites (N-methyl/N-ethyl adjacent to an activating group) is 1. The van der Waals surface area contributed by atoms with Crippen molar-refractivity contribution in [1.82, 2.24) is 52.8 Å². The summed E-state index contributed by atoms with van der Waals surface area (Å²) in [7, 11) is 1.24. The van der Waals surface area contributed by atoms with E-state index in [0.29, 0.717) is 18.4 Å². The fraction of sp³-hybridized carbons (Fsp3) is 0.625. The zero-order valence-corrected chi connectivity index (χ0v) is 45.1. The molecule has 0 aliphatic rings. The Morgan fingerprint density at radius 2 is 0.911 bits per heavy atom. The second-order valence-electron chi connectivity index (χ2n) is 19.0. The summed E-state index contributed by atoms with van der Waals surface area (Å²) in [6.45, 7) is 5.03. The minimum Gasteiger partial charge on any atom is -0.480 e. The van der Waals surface area contributed by atoms with Gasteiger partial charge in [0.1, 0.15) is 60.4 Å². The van der Waals surface area contributed by atoms with E-state index in [0.717, 1.165) is 25.7 Å².